The first-order valence-corrected chi connectivity index (χ1v) is 8.32. The van der Waals surface area contributed by atoms with Crippen LogP contribution in [0.2, 0.25) is 0 Å². The molecule has 1 saturated heterocycles. The van der Waals surface area contributed by atoms with Crippen molar-refractivity contribution in [3.63, 3.8) is 0 Å². The van der Waals surface area contributed by atoms with Crippen LogP contribution in [0.4, 0.5) is 0 Å². The molecule has 0 spiro atoms. The Balaban J connectivity index is 1.45. The fourth-order valence-electron chi connectivity index (χ4n) is 5.56. The van der Waals surface area contributed by atoms with E-state index < -0.39 is 0 Å². The molecule has 1 N–H and O–H groups in total. The molecule has 0 aromatic carbocycles. The molecule has 4 atom stereocenters. The van der Waals surface area contributed by atoms with E-state index in [1.165, 1.54) is 19.3 Å². The van der Waals surface area contributed by atoms with Crippen molar-refractivity contribution >= 4 is 5.91 Å². The molecule has 1 amide bonds. The first-order chi connectivity index (χ1) is 9.31. The first-order valence-electron chi connectivity index (χ1n) is 8.32. The van der Waals surface area contributed by atoms with E-state index in [1.54, 1.807) is 0 Å². The van der Waals surface area contributed by atoms with E-state index in [0.29, 0.717) is 17.9 Å². The SMILES string of the molecule is CCN(C(=O)C1C2C3CCC(C3)C12)C1CCNCC1. The van der Waals surface area contributed by atoms with Crippen molar-refractivity contribution in [2.75, 3.05) is 19.6 Å². The van der Waals surface area contributed by atoms with Gasteiger partial charge >= 0.3 is 0 Å². The van der Waals surface area contributed by atoms with Crippen LogP contribution in [-0.4, -0.2) is 36.5 Å². The normalized spacial score (nSPS) is 44.2. The summed E-state index contributed by atoms with van der Waals surface area (Å²) in [5, 5.41) is 3.40. The molecule has 106 valence electrons. The third kappa shape index (κ3) is 1.77. The molecule has 0 radical (unpaired) electrons. The molecule has 4 aliphatic rings. The molecule has 4 unspecified atom stereocenters. The summed E-state index contributed by atoms with van der Waals surface area (Å²) in [7, 11) is 0. The number of carbonyl (C=O) groups excluding carboxylic acids is 1. The monoisotopic (exact) mass is 262 g/mol. The summed E-state index contributed by atoms with van der Waals surface area (Å²) in [6.45, 7) is 5.23. The highest BCUT2D eigenvalue weighted by Crippen LogP contribution is 2.69. The van der Waals surface area contributed by atoms with Crippen LogP contribution in [0.25, 0.3) is 0 Å². The van der Waals surface area contributed by atoms with E-state index in [0.717, 1.165) is 56.1 Å². The average molecular weight is 262 g/mol. The maximum absolute atomic E-state index is 12.9. The van der Waals surface area contributed by atoms with Gasteiger partial charge in [-0.1, -0.05) is 0 Å². The van der Waals surface area contributed by atoms with Gasteiger partial charge in [0.05, 0.1) is 0 Å². The Labute approximate surface area is 116 Å². The van der Waals surface area contributed by atoms with Crippen LogP contribution in [0.15, 0.2) is 0 Å². The molecule has 4 fully saturated rings. The number of fused-ring (bicyclic) bond motifs is 5. The van der Waals surface area contributed by atoms with Crippen molar-refractivity contribution < 1.29 is 4.79 Å². The minimum atomic E-state index is 0.432. The highest BCUT2D eigenvalue weighted by Gasteiger charge is 2.68. The number of hydrogen-bond acceptors (Lipinski definition) is 2. The lowest BCUT2D eigenvalue weighted by Gasteiger charge is -2.34. The molecule has 0 aromatic heterocycles. The van der Waals surface area contributed by atoms with Crippen molar-refractivity contribution in [1.82, 2.24) is 10.2 Å². The van der Waals surface area contributed by atoms with E-state index in [-0.39, 0.29) is 0 Å². The van der Waals surface area contributed by atoms with E-state index in [1.807, 2.05) is 0 Å². The van der Waals surface area contributed by atoms with E-state index in [9.17, 15) is 4.79 Å². The smallest absolute Gasteiger partial charge is 0.226 e. The third-order valence-corrected chi connectivity index (χ3v) is 6.39. The largest absolute Gasteiger partial charge is 0.340 e. The second kappa shape index (κ2) is 4.47. The van der Waals surface area contributed by atoms with Gasteiger partial charge in [-0.05, 0) is 75.8 Å². The standard InChI is InChI=1S/C16H26N2O/c1-2-18(12-5-7-17-8-6-12)16(19)15-13-10-3-4-11(9-10)14(13)15/h10-15,17H,2-9H2,1H3. The van der Waals surface area contributed by atoms with Crippen LogP contribution in [0.3, 0.4) is 0 Å². The molecular formula is C16H26N2O. The predicted octanol–water partition coefficient (Wildman–Crippen LogP) is 1.88. The molecule has 4 rings (SSSR count). The Morgan fingerprint density at radius 2 is 1.74 bits per heavy atom. The first kappa shape index (κ1) is 12.2. The molecule has 3 aliphatic carbocycles. The van der Waals surface area contributed by atoms with E-state index in [4.69, 9.17) is 0 Å². The van der Waals surface area contributed by atoms with Crippen LogP contribution in [0.1, 0.15) is 39.0 Å². The number of piperidine rings is 1. The summed E-state index contributed by atoms with van der Waals surface area (Å²) in [6, 6.07) is 0.512. The topological polar surface area (TPSA) is 32.3 Å². The van der Waals surface area contributed by atoms with E-state index >= 15 is 0 Å². The molecule has 3 nitrogen and oxygen atoms in total. The Hall–Kier alpha value is -0.570. The lowest BCUT2D eigenvalue weighted by molar-refractivity contribution is -0.136. The van der Waals surface area contributed by atoms with Gasteiger partial charge in [-0.15, -0.1) is 0 Å². The maximum Gasteiger partial charge on any atom is 0.226 e. The zero-order valence-electron chi connectivity index (χ0n) is 12.0. The quantitative estimate of drug-likeness (QED) is 0.842. The van der Waals surface area contributed by atoms with Crippen LogP contribution in [0.5, 0.6) is 0 Å². The zero-order chi connectivity index (χ0) is 13.0. The average Bonchev–Trinajstić information content (AvgIpc) is 2.89. The number of nitrogens with zero attached hydrogens (tertiary/aromatic N) is 1. The predicted molar refractivity (Wildman–Crippen MR) is 74.6 cm³/mol. The van der Waals surface area contributed by atoms with Crippen LogP contribution < -0.4 is 5.32 Å². The molecule has 1 aliphatic heterocycles. The molecule has 2 bridgehead atoms. The van der Waals surface area contributed by atoms with Gasteiger partial charge in [-0.3, -0.25) is 4.79 Å². The summed E-state index contributed by atoms with van der Waals surface area (Å²) in [4.78, 5) is 15.1. The Morgan fingerprint density at radius 1 is 1.11 bits per heavy atom. The highest BCUT2D eigenvalue weighted by atomic mass is 16.2. The number of hydrogen-bond donors (Lipinski definition) is 1. The van der Waals surface area contributed by atoms with Gasteiger partial charge in [0.1, 0.15) is 0 Å². The van der Waals surface area contributed by atoms with Crippen LogP contribution in [0, 0.1) is 29.6 Å². The highest BCUT2D eigenvalue weighted by molar-refractivity contribution is 5.83. The molecule has 0 aromatic rings. The number of rotatable bonds is 3. The van der Waals surface area contributed by atoms with Crippen LogP contribution in [-0.2, 0) is 4.79 Å². The molecule has 19 heavy (non-hydrogen) atoms. The Bertz CT molecular complexity index is 361. The van der Waals surface area contributed by atoms with Gasteiger partial charge in [0.25, 0.3) is 0 Å². The second-order valence-corrected chi connectivity index (χ2v) is 7.12. The molecule has 3 heteroatoms. The van der Waals surface area contributed by atoms with Gasteiger partial charge in [0, 0.05) is 18.5 Å². The van der Waals surface area contributed by atoms with Crippen molar-refractivity contribution in [3.8, 4) is 0 Å². The fourth-order valence-corrected chi connectivity index (χ4v) is 5.56. The second-order valence-electron chi connectivity index (χ2n) is 7.12. The van der Waals surface area contributed by atoms with Crippen molar-refractivity contribution in [3.05, 3.63) is 0 Å². The summed E-state index contributed by atoms with van der Waals surface area (Å²) in [5.41, 5.74) is 0. The summed E-state index contributed by atoms with van der Waals surface area (Å²) < 4.78 is 0. The number of carbonyl (C=O) groups is 1. The van der Waals surface area contributed by atoms with Crippen molar-refractivity contribution in [2.24, 2.45) is 29.6 Å². The lowest BCUT2D eigenvalue weighted by Crippen LogP contribution is -2.47. The number of nitrogens with one attached hydrogen (secondary N) is 1. The Kier molecular flexibility index (Phi) is 2.87. The lowest BCUT2D eigenvalue weighted by atomic mass is 9.99. The van der Waals surface area contributed by atoms with Gasteiger partial charge < -0.3 is 10.2 Å². The number of amides is 1. The van der Waals surface area contributed by atoms with Crippen molar-refractivity contribution in [2.45, 2.75) is 45.1 Å². The minimum Gasteiger partial charge on any atom is -0.340 e. The molecular weight excluding hydrogens is 236 g/mol. The van der Waals surface area contributed by atoms with Crippen molar-refractivity contribution in [1.29, 1.82) is 0 Å². The minimum absolute atomic E-state index is 0.432. The fraction of sp³-hybridized carbons (Fsp3) is 0.938. The zero-order valence-corrected chi connectivity index (χ0v) is 12.0. The van der Waals surface area contributed by atoms with Gasteiger partial charge in [0.15, 0.2) is 0 Å². The van der Waals surface area contributed by atoms with Crippen LogP contribution >= 0.6 is 0 Å². The summed E-state index contributed by atoms with van der Waals surface area (Å²) >= 11 is 0. The molecule has 3 saturated carbocycles. The maximum atomic E-state index is 12.9. The Morgan fingerprint density at radius 3 is 2.32 bits per heavy atom. The molecule has 1 heterocycles. The summed E-state index contributed by atoms with van der Waals surface area (Å²) in [6.07, 6.45) is 6.56. The van der Waals surface area contributed by atoms with Gasteiger partial charge in [-0.25, -0.2) is 0 Å². The third-order valence-electron chi connectivity index (χ3n) is 6.39. The van der Waals surface area contributed by atoms with Gasteiger partial charge in [0.2, 0.25) is 5.91 Å². The summed E-state index contributed by atoms with van der Waals surface area (Å²) in [5.74, 6) is 4.36. The van der Waals surface area contributed by atoms with E-state index in [2.05, 4.69) is 17.1 Å². The van der Waals surface area contributed by atoms with Gasteiger partial charge in [-0.2, -0.15) is 0 Å².